The second-order valence-corrected chi connectivity index (χ2v) is 14.3. The van der Waals surface area contributed by atoms with Crippen LogP contribution in [-0.4, -0.2) is 0 Å². The molecule has 1 heteroatoms. The van der Waals surface area contributed by atoms with E-state index in [1.807, 2.05) is 0 Å². The van der Waals surface area contributed by atoms with Crippen LogP contribution in [0.15, 0.2) is 182 Å². The highest BCUT2D eigenvalue weighted by Gasteiger charge is 2.43. The molecule has 1 aliphatic rings. The molecule has 1 nitrogen and oxygen atoms in total. The molecule has 0 N–H and O–H groups in total. The van der Waals surface area contributed by atoms with E-state index < -0.39 is 0 Å². The summed E-state index contributed by atoms with van der Waals surface area (Å²) in [5, 5.41) is 2.54. The van der Waals surface area contributed by atoms with Crippen LogP contribution in [0.5, 0.6) is 0 Å². The Hall–Kier alpha value is -6.18. The number of para-hydroxylation sites is 1. The molecule has 0 radical (unpaired) electrons. The van der Waals surface area contributed by atoms with E-state index in [1.165, 1.54) is 83.3 Å². The third-order valence-electron chi connectivity index (χ3n) is 11.7. The van der Waals surface area contributed by atoms with Crippen LogP contribution in [0.2, 0.25) is 0 Å². The van der Waals surface area contributed by atoms with Gasteiger partial charge in [0.1, 0.15) is 0 Å². The van der Waals surface area contributed by atoms with Gasteiger partial charge in [-0.15, -0.1) is 0 Å². The summed E-state index contributed by atoms with van der Waals surface area (Å²) in [5.41, 5.74) is 17.8. The lowest BCUT2D eigenvalue weighted by atomic mass is 9.73. The standard InChI is InChI=1S/C52H43N/c1-4-52(5-2)47-31-19-18-30-46(47)50-48(52)35-38-22-12-13-27-43(38)51(50)53(40-23-10-7-11-24-40)49-33-32-39(34-36(49)3)42-26-15-17-29-45(42)44-28-16-14-25-41(44)37-20-8-6-9-21-37/h6-35H,4-5H2,1-3H3. The molecule has 0 aromatic heterocycles. The number of fused-ring (bicyclic) bond motifs is 4. The monoisotopic (exact) mass is 681 g/mol. The average molecular weight is 682 g/mol. The third kappa shape index (κ3) is 5.30. The van der Waals surface area contributed by atoms with Crippen LogP contribution in [0.25, 0.3) is 55.3 Å². The first-order chi connectivity index (χ1) is 26.1. The maximum absolute atomic E-state index is 2.54. The summed E-state index contributed by atoms with van der Waals surface area (Å²) in [4.78, 5) is 2.54. The zero-order chi connectivity index (χ0) is 35.9. The van der Waals surface area contributed by atoms with Crippen molar-refractivity contribution in [2.75, 3.05) is 4.90 Å². The Morgan fingerprint density at radius 2 is 1.00 bits per heavy atom. The lowest BCUT2D eigenvalue weighted by Crippen LogP contribution is -2.23. The van der Waals surface area contributed by atoms with Crippen molar-refractivity contribution in [1.82, 2.24) is 0 Å². The van der Waals surface area contributed by atoms with Gasteiger partial charge in [-0.2, -0.15) is 0 Å². The number of rotatable bonds is 8. The minimum atomic E-state index is -0.0360. The van der Waals surface area contributed by atoms with Crippen LogP contribution in [0, 0.1) is 6.92 Å². The second kappa shape index (κ2) is 13.4. The summed E-state index contributed by atoms with van der Waals surface area (Å²) in [7, 11) is 0. The molecular weight excluding hydrogens is 639 g/mol. The first kappa shape index (κ1) is 32.7. The lowest BCUT2D eigenvalue weighted by molar-refractivity contribution is 0.491. The molecule has 0 heterocycles. The summed E-state index contributed by atoms with van der Waals surface area (Å²) in [6.07, 6.45) is 2.11. The van der Waals surface area contributed by atoms with Crippen molar-refractivity contribution in [3.05, 3.63) is 199 Å². The highest BCUT2D eigenvalue weighted by Crippen LogP contribution is 2.59. The Balaban J connectivity index is 1.27. The van der Waals surface area contributed by atoms with Gasteiger partial charge >= 0.3 is 0 Å². The van der Waals surface area contributed by atoms with Gasteiger partial charge in [-0.3, -0.25) is 0 Å². The zero-order valence-corrected chi connectivity index (χ0v) is 30.7. The molecule has 1 aliphatic carbocycles. The van der Waals surface area contributed by atoms with Gasteiger partial charge in [0, 0.05) is 27.7 Å². The highest BCUT2D eigenvalue weighted by molar-refractivity contribution is 6.10. The number of anilines is 3. The molecule has 0 unspecified atom stereocenters. The molecule has 9 rings (SSSR count). The van der Waals surface area contributed by atoms with Crippen molar-refractivity contribution >= 4 is 27.8 Å². The van der Waals surface area contributed by atoms with Gasteiger partial charge in [-0.25, -0.2) is 0 Å². The van der Waals surface area contributed by atoms with Gasteiger partial charge in [0.05, 0.1) is 5.69 Å². The molecule has 0 aliphatic heterocycles. The molecule has 8 aromatic carbocycles. The summed E-state index contributed by atoms with van der Waals surface area (Å²) >= 11 is 0. The van der Waals surface area contributed by atoms with Crippen LogP contribution < -0.4 is 4.90 Å². The molecule has 8 aromatic rings. The first-order valence-electron chi connectivity index (χ1n) is 19.0. The van der Waals surface area contributed by atoms with Crippen molar-refractivity contribution in [3.8, 4) is 44.5 Å². The van der Waals surface area contributed by atoms with E-state index >= 15 is 0 Å². The maximum Gasteiger partial charge on any atom is 0.0621 e. The smallest absolute Gasteiger partial charge is 0.0621 e. The van der Waals surface area contributed by atoms with Crippen LogP contribution in [0.1, 0.15) is 43.4 Å². The summed E-state index contributed by atoms with van der Waals surface area (Å²) in [6, 6.07) is 67.0. The number of aryl methyl sites for hydroxylation is 1. The molecule has 0 amide bonds. The van der Waals surface area contributed by atoms with Crippen LogP contribution >= 0.6 is 0 Å². The average Bonchev–Trinajstić information content (AvgIpc) is 3.51. The van der Waals surface area contributed by atoms with Crippen molar-refractivity contribution in [2.24, 2.45) is 0 Å². The molecule has 0 fully saturated rings. The first-order valence-corrected chi connectivity index (χ1v) is 19.0. The minimum absolute atomic E-state index is 0.0360. The summed E-state index contributed by atoms with van der Waals surface area (Å²) < 4.78 is 0. The number of nitrogens with zero attached hydrogens (tertiary/aromatic N) is 1. The number of hydrogen-bond donors (Lipinski definition) is 0. The fourth-order valence-corrected chi connectivity index (χ4v) is 9.08. The normalized spacial score (nSPS) is 12.7. The molecule has 0 saturated carbocycles. The Labute approximate surface area is 313 Å². The Morgan fingerprint density at radius 3 is 1.66 bits per heavy atom. The fourth-order valence-electron chi connectivity index (χ4n) is 9.08. The molecular formula is C52H43N. The second-order valence-electron chi connectivity index (χ2n) is 14.3. The fraction of sp³-hybridized carbons (Fsp3) is 0.115. The number of benzene rings is 8. The molecule has 256 valence electrons. The predicted octanol–water partition coefficient (Wildman–Crippen LogP) is 14.7. The lowest BCUT2D eigenvalue weighted by Gasteiger charge is -2.33. The van der Waals surface area contributed by atoms with Gasteiger partial charge in [0.2, 0.25) is 0 Å². The van der Waals surface area contributed by atoms with E-state index in [1.54, 1.807) is 0 Å². The largest absolute Gasteiger partial charge is 0.309 e. The van der Waals surface area contributed by atoms with Crippen LogP contribution in [0.4, 0.5) is 17.1 Å². The van der Waals surface area contributed by atoms with Crippen molar-refractivity contribution in [1.29, 1.82) is 0 Å². The van der Waals surface area contributed by atoms with Gasteiger partial charge in [-0.05, 0) is 111 Å². The van der Waals surface area contributed by atoms with Crippen molar-refractivity contribution < 1.29 is 0 Å². The van der Waals surface area contributed by atoms with Gasteiger partial charge < -0.3 is 4.90 Å². The van der Waals surface area contributed by atoms with Gasteiger partial charge in [-0.1, -0.05) is 166 Å². The van der Waals surface area contributed by atoms with Crippen molar-refractivity contribution in [2.45, 2.75) is 39.0 Å². The Bertz CT molecular complexity index is 2590. The molecule has 53 heavy (non-hydrogen) atoms. The van der Waals surface area contributed by atoms with Gasteiger partial charge in [0.15, 0.2) is 0 Å². The third-order valence-corrected chi connectivity index (χ3v) is 11.7. The van der Waals surface area contributed by atoms with Crippen molar-refractivity contribution in [3.63, 3.8) is 0 Å². The topological polar surface area (TPSA) is 3.24 Å². The minimum Gasteiger partial charge on any atom is -0.309 e. The van der Waals surface area contributed by atoms with E-state index in [2.05, 4.69) is 208 Å². The van der Waals surface area contributed by atoms with Crippen LogP contribution in [-0.2, 0) is 5.41 Å². The van der Waals surface area contributed by atoms with E-state index in [9.17, 15) is 0 Å². The van der Waals surface area contributed by atoms with E-state index in [4.69, 9.17) is 0 Å². The van der Waals surface area contributed by atoms with E-state index in [-0.39, 0.29) is 5.41 Å². The number of hydrogen-bond acceptors (Lipinski definition) is 1. The molecule has 0 spiro atoms. The predicted molar refractivity (Wildman–Crippen MR) is 226 cm³/mol. The maximum atomic E-state index is 2.54. The molecule has 0 bridgehead atoms. The quantitative estimate of drug-likeness (QED) is 0.154. The SMILES string of the molecule is CCC1(CC)c2ccccc2-c2c1cc1ccccc1c2N(c1ccccc1)c1ccc(-c2ccccc2-c2ccccc2-c2ccccc2)cc1C. The Kier molecular flexibility index (Phi) is 8.28. The van der Waals surface area contributed by atoms with E-state index in [0.717, 1.165) is 18.5 Å². The van der Waals surface area contributed by atoms with E-state index in [0.29, 0.717) is 0 Å². The molecule has 0 saturated heterocycles. The Morgan fingerprint density at radius 1 is 0.453 bits per heavy atom. The van der Waals surface area contributed by atoms with Crippen LogP contribution in [0.3, 0.4) is 0 Å². The highest BCUT2D eigenvalue weighted by atomic mass is 15.1. The zero-order valence-electron chi connectivity index (χ0n) is 30.7. The summed E-state index contributed by atoms with van der Waals surface area (Å²) in [6.45, 7) is 6.99. The summed E-state index contributed by atoms with van der Waals surface area (Å²) in [5.74, 6) is 0. The van der Waals surface area contributed by atoms with Gasteiger partial charge in [0.25, 0.3) is 0 Å². The molecule has 0 atom stereocenters.